The van der Waals surface area contributed by atoms with Gasteiger partial charge in [-0.05, 0) is 25.0 Å². The van der Waals surface area contributed by atoms with Crippen molar-refractivity contribution in [2.45, 2.75) is 25.4 Å². The van der Waals surface area contributed by atoms with E-state index in [4.69, 9.17) is 4.74 Å². The number of aliphatic hydroxyl groups excluding tert-OH is 1. The Labute approximate surface area is 108 Å². The summed E-state index contributed by atoms with van der Waals surface area (Å²) in [5, 5.41) is 16.2. The average Bonchev–Trinajstić information content (AvgIpc) is 2.86. The van der Waals surface area contributed by atoms with Crippen molar-refractivity contribution in [3.05, 3.63) is 29.3 Å². The van der Waals surface area contributed by atoms with Crippen molar-refractivity contribution in [2.75, 3.05) is 32.2 Å². The van der Waals surface area contributed by atoms with Gasteiger partial charge in [0, 0.05) is 25.9 Å². The van der Waals surface area contributed by atoms with Gasteiger partial charge in [-0.15, -0.1) is 0 Å². The molecular formula is C14H22N2O2. The first-order valence-corrected chi connectivity index (χ1v) is 6.40. The number of nitrogens with one attached hydrogen (secondary N) is 2. The molecule has 0 amide bonds. The van der Waals surface area contributed by atoms with E-state index in [1.807, 2.05) is 7.05 Å². The van der Waals surface area contributed by atoms with E-state index in [-0.39, 0.29) is 12.1 Å². The van der Waals surface area contributed by atoms with Crippen molar-refractivity contribution in [3.8, 4) is 0 Å². The zero-order chi connectivity index (χ0) is 13.0. The molecule has 100 valence electrons. The minimum Gasteiger partial charge on any atom is -0.394 e. The molecule has 2 rings (SSSR count). The van der Waals surface area contributed by atoms with E-state index >= 15 is 0 Å². The van der Waals surface area contributed by atoms with Crippen molar-refractivity contribution in [3.63, 3.8) is 0 Å². The minimum atomic E-state index is -0.269. The maximum absolute atomic E-state index is 9.52. The lowest BCUT2D eigenvalue weighted by molar-refractivity contribution is 0.120. The third-order valence-electron chi connectivity index (χ3n) is 3.59. The van der Waals surface area contributed by atoms with Gasteiger partial charge in [-0.1, -0.05) is 17.7 Å². The maximum Gasteiger partial charge on any atom is 0.0675 e. The summed E-state index contributed by atoms with van der Waals surface area (Å²) < 4.78 is 5.38. The van der Waals surface area contributed by atoms with Gasteiger partial charge >= 0.3 is 0 Å². The second-order valence-electron chi connectivity index (χ2n) is 5.01. The van der Waals surface area contributed by atoms with Crippen LogP contribution in [0.15, 0.2) is 18.2 Å². The third kappa shape index (κ3) is 2.83. The number of aliphatic hydroxyl groups is 1. The van der Waals surface area contributed by atoms with Crippen molar-refractivity contribution >= 4 is 5.69 Å². The lowest BCUT2D eigenvalue weighted by atomic mass is 9.99. The van der Waals surface area contributed by atoms with E-state index < -0.39 is 0 Å². The van der Waals surface area contributed by atoms with Gasteiger partial charge in [-0.3, -0.25) is 0 Å². The molecule has 1 unspecified atom stereocenters. The second kappa shape index (κ2) is 5.69. The van der Waals surface area contributed by atoms with Gasteiger partial charge in [0.05, 0.1) is 18.8 Å². The Morgan fingerprint density at radius 3 is 2.89 bits per heavy atom. The lowest BCUT2D eigenvalue weighted by Crippen LogP contribution is -2.48. The van der Waals surface area contributed by atoms with Crippen LogP contribution in [0.25, 0.3) is 0 Å². The first-order valence-electron chi connectivity index (χ1n) is 6.40. The molecule has 4 nitrogen and oxygen atoms in total. The first-order chi connectivity index (χ1) is 8.69. The molecule has 3 N–H and O–H groups in total. The molecular weight excluding hydrogens is 228 g/mol. The molecule has 4 heteroatoms. The van der Waals surface area contributed by atoms with Gasteiger partial charge in [-0.2, -0.15) is 0 Å². The highest BCUT2D eigenvalue weighted by atomic mass is 16.5. The van der Waals surface area contributed by atoms with Crippen LogP contribution in [-0.4, -0.2) is 37.5 Å². The number of benzene rings is 1. The maximum atomic E-state index is 9.52. The van der Waals surface area contributed by atoms with Crippen LogP contribution in [0.2, 0.25) is 0 Å². The van der Waals surface area contributed by atoms with Crippen LogP contribution in [0.5, 0.6) is 0 Å². The number of anilines is 1. The zero-order valence-electron chi connectivity index (χ0n) is 11.1. The summed E-state index contributed by atoms with van der Waals surface area (Å²) in [5.41, 5.74) is 3.32. The Morgan fingerprint density at radius 1 is 1.44 bits per heavy atom. The van der Waals surface area contributed by atoms with Crippen LogP contribution in [0.3, 0.4) is 0 Å². The van der Waals surface area contributed by atoms with Gasteiger partial charge in [-0.25, -0.2) is 0 Å². The molecule has 0 spiro atoms. The van der Waals surface area contributed by atoms with E-state index in [9.17, 15) is 5.11 Å². The summed E-state index contributed by atoms with van der Waals surface area (Å²) in [5.74, 6) is 0. The van der Waals surface area contributed by atoms with Crippen LogP contribution in [-0.2, 0) is 11.3 Å². The summed E-state index contributed by atoms with van der Waals surface area (Å²) >= 11 is 0. The largest absolute Gasteiger partial charge is 0.394 e. The van der Waals surface area contributed by atoms with E-state index in [1.54, 1.807) is 0 Å². The molecule has 1 aliphatic heterocycles. The van der Waals surface area contributed by atoms with Gasteiger partial charge in [0.2, 0.25) is 0 Å². The van der Waals surface area contributed by atoms with E-state index in [0.717, 1.165) is 25.3 Å². The number of hydrogen-bond donors (Lipinski definition) is 3. The summed E-state index contributed by atoms with van der Waals surface area (Å²) in [6.45, 7) is 4.25. The topological polar surface area (TPSA) is 53.5 Å². The molecule has 0 radical (unpaired) electrons. The molecule has 1 atom stereocenters. The van der Waals surface area contributed by atoms with E-state index in [1.165, 1.54) is 11.1 Å². The quantitative estimate of drug-likeness (QED) is 0.737. The number of aryl methyl sites for hydroxylation is 1. The Bertz CT molecular complexity index is 401. The van der Waals surface area contributed by atoms with E-state index in [2.05, 4.69) is 35.8 Å². The molecule has 0 saturated carbocycles. The van der Waals surface area contributed by atoms with Gasteiger partial charge < -0.3 is 20.5 Å². The highest BCUT2D eigenvalue weighted by Crippen LogP contribution is 2.21. The molecule has 0 aromatic heterocycles. The lowest BCUT2D eigenvalue weighted by Gasteiger charge is -2.27. The summed E-state index contributed by atoms with van der Waals surface area (Å²) in [4.78, 5) is 0. The normalized spacial score (nSPS) is 23.3. The monoisotopic (exact) mass is 250 g/mol. The Hall–Kier alpha value is -1.10. The van der Waals surface area contributed by atoms with Crippen LogP contribution in [0.1, 0.15) is 17.5 Å². The van der Waals surface area contributed by atoms with Crippen molar-refractivity contribution in [1.29, 1.82) is 0 Å². The second-order valence-corrected chi connectivity index (χ2v) is 5.01. The number of hydrogen-bond acceptors (Lipinski definition) is 4. The minimum absolute atomic E-state index is 0.119. The van der Waals surface area contributed by atoms with Crippen LogP contribution >= 0.6 is 0 Å². The van der Waals surface area contributed by atoms with E-state index in [0.29, 0.717) is 6.61 Å². The molecule has 1 aromatic carbocycles. The molecule has 1 aliphatic rings. The Balaban J connectivity index is 2.07. The van der Waals surface area contributed by atoms with Crippen LogP contribution < -0.4 is 10.6 Å². The predicted octanol–water partition coefficient (Wildman–Crippen LogP) is 1.28. The Morgan fingerprint density at radius 2 is 2.28 bits per heavy atom. The zero-order valence-corrected chi connectivity index (χ0v) is 11.1. The van der Waals surface area contributed by atoms with Gasteiger partial charge in [0.15, 0.2) is 0 Å². The SMILES string of the molecule is CNc1ccc(C)cc1CNC1(CO)CCOC1. The molecule has 0 aliphatic carbocycles. The molecule has 1 fully saturated rings. The fraction of sp³-hybridized carbons (Fsp3) is 0.571. The van der Waals surface area contributed by atoms with Gasteiger partial charge in [0.25, 0.3) is 0 Å². The highest BCUT2D eigenvalue weighted by molar-refractivity contribution is 5.52. The summed E-state index contributed by atoms with van der Waals surface area (Å²) in [6, 6.07) is 6.35. The Kier molecular flexibility index (Phi) is 4.22. The smallest absolute Gasteiger partial charge is 0.0675 e. The highest BCUT2D eigenvalue weighted by Gasteiger charge is 2.33. The molecule has 1 aromatic rings. The van der Waals surface area contributed by atoms with Gasteiger partial charge in [0.1, 0.15) is 0 Å². The molecule has 0 bridgehead atoms. The van der Waals surface area contributed by atoms with Crippen molar-refractivity contribution in [1.82, 2.24) is 5.32 Å². The van der Waals surface area contributed by atoms with Crippen molar-refractivity contribution in [2.24, 2.45) is 0 Å². The average molecular weight is 250 g/mol. The predicted molar refractivity (Wildman–Crippen MR) is 72.8 cm³/mol. The summed E-state index contributed by atoms with van der Waals surface area (Å²) in [6.07, 6.45) is 0.865. The molecule has 1 saturated heterocycles. The van der Waals surface area contributed by atoms with Crippen LogP contribution in [0, 0.1) is 6.92 Å². The standard InChI is InChI=1S/C14H22N2O2/c1-11-3-4-13(15-2)12(7-11)8-16-14(9-17)5-6-18-10-14/h3-4,7,15-17H,5-6,8-10H2,1-2H3. The first kappa shape index (κ1) is 13.3. The summed E-state index contributed by atoms with van der Waals surface area (Å²) in [7, 11) is 1.93. The van der Waals surface area contributed by atoms with Crippen LogP contribution in [0.4, 0.5) is 5.69 Å². The molecule has 1 heterocycles. The molecule has 18 heavy (non-hydrogen) atoms. The fourth-order valence-corrected chi connectivity index (χ4v) is 2.32. The third-order valence-corrected chi connectivity index (χ3v) is 3.59. The number of ether oxygens (including phenoxy) is 1. The number of rotatable bonds is 5. The fourth-order valence-electron chi connectivity index (χ4n) is 2.32. The van der Waals surface area contributed by atoms with Crippen molar-refractivity contribution < 1.29 is 9.84 Å².